The summed E-state index contributed by atoms with van der Waals surface area (Å²) >= 11 is 0. The molecule has 0 aliphatic carbocycles. The van der Waals surface area contributed by atoms with Gasteiger partial charge in [-0.05, 0) is 17.7 Å². The Kier molecular flexibility index (Phi) is 4.52. The van der Waals surface area contributed by atoms with Gasteiger partial charge in [0.15, 0.2) is 17.5 Å². The zero-order chi connectivity index (χ0) is 15.2. The number of ether oxygens (including phenoxy) is 1. The molecule has 2 rings (SSSR count). The fraction of sp³-hybridized carbons (Fsp3) is 0.125. The summed E-state index contributed by atoms with van der Waals surface area (Å²) in [7, 11) is 1.36. The van der Waals surface area contributed by atoms with Gasteiger partial charge in [-0.15, -0.1) is 0 Å². The summed E-state index contributed by atoms with van der Waals surface area (Å²) in [6.45, 7) is 0. The Bertz CT molecular complexity index is 680. The highest BCUT2D eigenvalue weighted by Gasteiger charge is 2.20. The minimum absolute atomic E-state index is 0.0906. The van der Waals surface area contributed by atoms with Crippen molar-refractivity contribution in [3.8, 4) is 11.8 Å². The lowest BCUT2D eigenvalue weighted by Gasteiger charge is -2.11. The van der Waals surface area contributed by atoms with Crippen molar-refractivity contribution in [1.82, 2.24) is 0 Å². The molecule has 1 amide bonds. The second-order valence-corrected chi connectivity index (χ2v) is 4.31. The number of halogens is 1. The number of nitriles is 1. The lowest BCUT2D eigenvalue weighted by atomic mass is 10.00. The van der Waals surface area contributed by atoms with Gasteiger partial charge in [0.05, 0.1) is 13.2 Å². The Morgan fingerprint density at radius 2 is 2.00 bits per heavy atom. The minimum Gasteiger partial charge on any atom is -0.494 e. The molecule has 0 aromatic heterocycles. The topological polar surface area (TPSA) is 62.1 Å². The van der Waals surface area contributed by atoms with Crippen molar-refractivity contribution in [3.05, 3.63) is 59.9 Å². The average molecular weight is 284 g/mol. The highest BCUT2D eigenvalue weighted by Crippen LogP contribution is 2.22. The van der Waals surface area contributed by atoms with E-state index in [4.69, 9.17) is 10.00 Å². The van der Waals surface area contributed by atoms with Crippen LogP contribution in [0.5, 0.6) is 5.75 Å². The Morgan fingerprint density at radius 3 is 2.57 bits per heavy atom. The molecular weight excluding hydrogens is 271 g/mol. The van der Waals surface area contributed by atoms with Gasteiger partial charge in [0.1, 0.15) is 0 Å². The predicted molar refractivity (Wildman–Crippen MR) is 76.4 cm³/mol. The van der Waals surface area contributed by atoms with Gasteiger partial charge in [0, 0.05) is 11.8 Å². The van der Waals surface area contributed by atoms with Gasteiger partial charge in [-0.2, -0.15) is 5.26 Å². The Hall–Kier alpha value is -2.87. The molecule has 2 aromatic carbocycles. The third-order valence-electron chi connectivity index (χ3n) is 2.94. The number of amides is 1. The molecule has 0 heterocycles. The number of hydrogen-bond acceptors (Lipinski definition) is 3. The Balaban J connectivity index is 2.17. The summed E-state index contributed by atoms with van der Waals surface area (Å²) in [6.07, 6.45) is 0. The molecule has 0 saturated heterocycles. The smallest absolute Gasteiger partial charge is 0.246 e. The molecule has 21 heavy (non-hydrogen) atoms. The standard InChI is InChI=1S/C16H13FN2O2/c1-21-15-8-7-12(9-14(15)17)19-16(20)13(10-18)11-5-3-2-4-6-11/h2-9,13H,1H3,(H,19,20). The van der Waals surface area contributed by atoms with E-state index in [1.165, 1.54) is 19.2 Å². The van der Waals surface area contributed by atoms with Gasteiger partial charge in [0.25, 0.3) is 0 Å². The van der Waals surface area contributed by atoms with Crippen LogP contribution in [-0.2, 0) is 4.79 Å². The first-order valence-corrected chi connectivity index (χ1v) is 6.24. The van der Waals surface area contributed by atoms with Crippen molar-refractivity contribution < 1.29 is 13.9 Å². The summed E-state index contributed by atoms with van der Waals surface area (Å²) in [5.74, 6) is -1.94. The van der Waals surface area contributed by atoms with Crippen molar-refractivity contribution >= 4 is 11.6 Å². The first-order valence-electron chi connectivity index (χ1n) is 6.24. The number of anilines is 1. The van der Waals surface area contributed by atoms with Crippen molar-refractivity contribution in [2.24, 2.45) is 0 Å². The van der Waals surface area contributed by atoms with E-state index in [1.54, 1.807) is 30.3 Å². The molecule has 1 atom stereocenters. The molecule has 2 aromatic rings. The molecule has 5 heteroatoms. The molecule has 0 aliphatic rings. The molecule has 0 aliphatic heterocycles. The highest BCUT2D eigenvalue weighted by atomic mass is 19.1. The summed E-state index contributed by atoms with van der Waals surface area (Å²) < 4.78 is 18.4. The van der Waals surface area contributed by atoms with Gasteiger partial charge in [0.2, 0.25) is 5.91 Å². The predicted octanol–water partition coefficient (Wildman–Crippen LogP) is 3.08. The fourth-order valence-corrected chi connectivity index (χ4v) is 1.89. The van der Waals surface area contributed by atoms with Gasteiger partial charge in [-0.1, -0.05) is 30.3 Å². The Morgan fingerprint density at radius 1 is 1.29 bits per heavy atom. The first-order chi connectivity index (χ1) is 10.2. The first kappa shape index (κ1) is 14.5. The van der Waals surface area contributed by atoms with Crippen molar-refractivity contribution in [2.45, 2.75) is 5.92 Å². The van der Waals surface area contributed by atoms with Crippen molar-refractivity contribution in [1.29, 1.82) is 5.26 Å². The van der Waals surface area contributed by atoms with Crippen LogP contribution in [0, 0.1) is 17.1 Å². The van der Waals surface area contributed by atoms with Gasteiger partial charge in [-0.25, -0.2) is 4.39 Å². The fourth-order valence-electron chi connectivity index (χ4n) is 1.89. The number of hydrogen-bond donors (Lipinski definition) is 1. The molecule has 0 saturated carbocycles. The highest BCUT2D eigenvalue weighted by molar-refractivity contribution is 5.97. The van der Waals surface area contributed by atoms with Crippen LogP contribution < -0.4 is 10.1 Å². The third kappa shape index (κ3) is 3.37. The molecule has 106 valence electrons. The molecule has 0 bridgehead atoms. The van der Waals surface area contributed by atoms with E-state index >= 15 is 0 Å². The number of rotatable bonds is 4. The van der Waals surface area contributed by atoms with Gasteiger partial charge in [-0.3, -0.25) is 4.79 Å². The molecular formula is C16H13FN2O2. The van der Waals surface area contributed by atoms with Gasteiger partial charge < -0.3 is 10.1 Å². The monoisotopic (exact) mass is 284 g/mol. The van der Waals surface area contributed by atoms with E-state index < -0.39 is 17.6 Å². The van der Waals surface area contributed by atoms with E-state index in [1.807, 2.05) is 6.07 Å². The van der Waals surface area contributed by atoms with Crippen LogP contribution in [0.15, 0.2) is 48.5 Å². The summed E-state index contributed by atoms with van der Waals surface area (Å²) in [6, 6.07) is 14.7. The van der Waals surface area contributed by atoms with Crippen LogP contribution in [0.25, 0.3) is 0 Å². The van der Waals surface area contributed by atoms with Crippen LogP contribution in [-0.4, -0.2) is 13.0 Å². The molecule has 0 radical (unpaired) electrons. The molecule has 0 fully saturated rings. The number of carbonyl (C=O) groups is 1. The quantitative estimate of drug-likeness (QED) is 0.938. The van der Waals surface area contributed by atoms with Crippen LogP contribution in [0.1, 0.15) is 11.5 Å². The van der Waals surface area contributed by atoms with Crippen LogP contribution >= 0.6 is 0 Å². The maximum absolute atomic E-state index is 13.6. The maximum atomic E-state index is 13.6. The van der Waals surface area contributed by atoms with Gasteiger partial charge >= 0.3 is 0 Å². The summed E-state index contributed by atoms with van der Waals surface area (Å²) in [5.41, 5.74) is 0.862. The van der Waals surface area contributed by atoms with Crippen molar-refractivity contribution in [2.75, 3.05) is 12.4 Å². The van der Waals surface area contributed by atoms with E-state index in [2.05, 4.69) is 5.32 Å². The number of carbonyl (C=O) groups excluding carboxylic acids is 1. The maximum Gasteiger partial charge on any atom is 0.246 e. The normalized spacial score (nSPS) is 11.3. The number of nitrogens with one attached hydrogen (secondary N) is 1. The van der Waals surface area contributed by atoms with E-state index in [-0.39, 0.29) is 11.4 Å². The molecule has 1 N–H and O–H groups in total. The van der Waals surface area contributed by atoms with Crippen LogP contribution in [0.2, 0.25) is 0 Å². The zero-order valence-corrected chi connectivity index (χ0v) is 11.3. The minimum atomic E-state index is -0.948. The second-order valence-electron chi connectivity index (χ2n) is 4.31. The number of nitrogens with zero attached hydrogens (tertiary/aromatic N) is 1. The van der Waals surface area contributed by atoms with Crippen LogP contribution in [0.4, 0.5) is 10.1 Å². The summed E-state index contributed by atoms with van der Waals surface area (Å²) in [4.78, 5) is 12.1. The van der Waals surface area contributed by atoms with E-state index in [9.17, 15) is 9.18 Å². The van der Waals surface area contributed by atoms with E-state index in [0.717, 1.165) is 6.07 Å². The summed E-state index contributed by atoms with van der Waals surface area (Å²) in [5, 5.41) is 11.7. The Labute approximate surface area is 121 Å². The average Bonchev–Trinajstić information content (AvgIpc) is 2.49. The van der Waals surface area contributed by atoms with E-state index in [0.29, 0.717) is 5.56 Å². The van der Waals surface area contributed by atoms with Crippen molar-refractivity contribution in [3.63, 3.8) is 0 Å². The number of benzene rings is 2. The second kappa shape index (κ2) is 6.53. The molecule has 1 unspecified atom stereocenters. The third-order valence-corrected chi connectivity index (χ3v) is 2.94. The zero-order valence-electron chi connectivity index (χ0n) is 11.3. The largest absolute Gasteiger partial charge is 0.494 e. The SMILES string of the molecule is COc1ccc(NC(=O)C(C#N)c2ccccc2)cc1F. The molecule has 0 spiro atoms. The lowest BCUT2D eigenvalue weighted by Crippen LogP contribution is -2.20. The lowest BCUT2D eigenvalue weighted by molar-refractivity contribution is -0.116. The van der Waals surface area contributed by atoms with Crippen LogP contribution in [0.3, 0.4) is 0 Å². The molecule has 4 nitrogen and oxygen atoms in total. The number of methoxy groups -OCH3 is 1.